The second-order valence-corrected chi connectivity index (χ2v) is 13.5. The van der Waals surface area contributed by atoms with Crippen molar-refractivity contribution in [3.8, 4) is 11.8 Å². The summed E-state index contributed by atoms with van der Waals surface area (Å²) in [5, 5.41) is 17.0. The second-order valence-electron chi connectivity index (χ2n) is 12.6. The molecule has 1 heterocycles. The van der Waals surface area contributed by atoms with Gasteiger partial charge in [0.2, 0.25) is 5.91 Å². The lowest BCUT2D eigenvalue weighted by Crippen LogP contribution is -2.45. The van der Waals surface area contributed by atoms with E-state index in [1.165, 1.54) is 37.4 Å². The molecule has 2 N–H and O–H groups in total. The fraction of sp³-hybridized carbons (Fsp3) is 0.382. The van der Waals surface area contributed by atoms with E-state index in [4.69, 9.17) is 27.9 Å². The minimum Gasteiger partial charge on any atom is -0.495 e. The predicted molar refractivity (Wildman–Crippen MR) is 171 cm³/mol. The zero-order valence-electron chi connectivity index (χ0n) is 25.4. The van der Waals surface area contributed by atoms with Crippen molar-refractivity contribution in [3.63, 3.8) is 0 Å². The fourth-order valence-electron chi connectivity index (χ4n) is 6.05. The molecule has 234 valence electrons. The molecule has 0 aliphatic carbocycles. The Balaban J connectivity index is 0.00000552. The molecule has 0 bridgehead atoms. The van der Waals surface area contributed by atoms with Crippen molar-refractivity contribution in [2.24, 2.45) is 11.3 Å². The van der Waals surface area contributed by atoms with Gasteiger partial charge in [0, 0.05) is 35.5 Å². The molecule has 0 unspecified atom stereocenters. The van der Waals surface area contributed by atoms with Crippen molar-refractivity contribution in [2.75, 3.05) is 12.4 Å². The first-order chi connectivity index (χ1) is 20.6. The number of nitriles is 1. The van der Waals surface area contributed by atoms with Crippen molar-refractivity contribution >= 4 is 40.6 Å². The van der Waals surface area contributed by atoms with E-state index in [1.54, 1.807) is 32.0 Å². The third-order valence-corrected chi connectivity index (χ3v) is 8.53. The Bertz CT molecular complexity index is 1640. The molecule has 1 amide bonds. The number of benzene rings is 3. The molecular formula is C34H37Cl2F2N3O3. The topological polar surface area (TPSA) is 91.2 Å². The largest absolute Gasteiger partial charge is 0.495 e. The van der Waals surface area contributed by atoms with E-state index in [1.807, 2.05) is 20.8 Å². The van der Waals surface area contributed by atoms with Crippen LogP contribution in [0.15, 0.2) is 54.6 Å². The summed E-state index contributed by atoms with van der Waals surface area (Å²) in [7, 11) is 1.41. The average molecular weight is 645 g/mol. The molecule has 0 spiro atoms. The third kappa shape index (κ3) is 6.32. The van der Waals surface area contributed by atoms with Gasteiger partial charge in [-0.25, -0.2) is 8.78 Å². The van der Waals surface area contributed by atoms with Crippen LogP contribution in [-0.2, 0) is 10.2 Å². The smallest absolute Gasteiger partial charge is 0.242 e. The van der Waals surface area contributed by atoms with Crippen molar-refractivity contribution in [3.05, 3.63) is 93.0 Å². The molecule has 3 aromatic carbocycles. The third-order valence-electron chi connectivity index (χ3n) is 8.00. The van der Waals surface area contributed by atoms with E-state index in [2.05, 4.69) is 16.7 Å². The highest BCUT2D eigenvalue weighted by molar-refractivity contribution is 6.31. The van der Waals surface area contributed by atoms with Crippen LogP contribution in [0.4, 0.5) is 14.5 Å². The Morgan fingerprint density at radius 2 is 1.84 bits per heavy atom. The molecule has 0 radical (unpaired) electrons. The molecule has 44 heavy (non-hydrogen) atoms. The summed E-state index contributed by atoms with van der Waals surface area (Å²) < 4.78 is 37.2. The first-order valence-electron chi connectivity index (χ1n) is 14.2. The maximum Gasteiger partial charge on any atom is 0.242 e. The van der Waals surface area contributed by atoms with Gasteiger partial charge in [0.1, 0.15) is 22.8 Å². The minimum absolute atomic E-state index is 0. The van der Waals surface area contributed by atoms with Gasteiger partial charge in [0.05, 0.1) is 29.9 Å². The predicted octanol–water partition coefficient (Wildman–Crippen LogP) is 8.33. The number of ether oxygens (including phenoxy) is 1. The fourth-order valence-corrected chi connectivity index (χ4v) is 6.39. The van der Waals surface area contributed by atoms with Crippen LogP contribution in [0.5, 0.6) is 5.75 Å². The van der Waals surface area contributed by atoms with Gasteiger partial charge >= 0.3 is 0 Å². The van der Waals surface area contributed by atoms with Crippen LogP contribution >= 0.6 is 23.2 Å². The highest BCUT2D eigenvalue weighted by Crippen LogP contribution is 2.53. The highest BCUT2D eigenvalue weighted by atomic mass is 35.5. The molecule has 3 aromatic rings. The van der Waals surface area contributed by atoms with E-state index >= 15 is 8.78 Å². The van der Waals surface area contributed by atoms with Crippen molar-refractivity contribution in [2.45, 2.75) is 64.5 Å². The van der Waals surface area contributed by atoms with Crippen LogP contribution in [0.1, 0.15) is 69.9 Å². The van der Waals surface area contributed by atoms with Gasteiger partial charge in [-0.15, -0.1) is 0 Å². The van der Waals surface area contributed by atoms with Crippen LogP contribution < -0.4 is 15.4 Å². The van der Waals surface area contributed by atoms with E-state index in [-0.39, 0.29) is 51.2 Å². The number of nitrogens with zero attached hydrogens (tertiary/aromatic N) is 1. The summed E-state index contributed by atoms with van der Waals surface area (Å²) in [4.78, 5) is 26.8. The standard InChI is InChI=1S/C34H35Cl2F2N3O3.H2/c1-18(2)31(42)19-10-13-25(26(14-19)44-6)40-32(43)30-28(21-8-7-9-23(36)29(21)38)34(17-39,27(41-30)16-33(3,4)5)22-12-11-20(35)15-24(22)37;/h7-15,18,27-28,30,41H,16H2,1-6H3,(H,40,43);1H/t27-,28-,30+,34-;/m0./s1. The number of hydrogen-bond acceptors (Lipinski definition) is 5. The number of carbonyl (C=O) groups is 2. The molecule has 4 atom stereocenters. The van der Waals surface area contributed by atoms with Gasteiger partial charge in [-0.1, -0.05) is 76.0 Å². The lowest BCUT2D eigenvalue weighted by Gasteiger charge is -2.37. The first-order valence-corrected chi connectivity index (χ1v) is 15.0. The molecule has 1 fully saturated rings. The highest BCUT2D eigenvalue weighted by Gasteiger charge is 2.61. The average Bonchev–Trinajstić information content (AvgIpc) is 3.27. The van der Waals surface area contributed by atoms with E-state index in [0.29, 0.717) is 12.0 Å². The molecule has 1 aliphatic heterocycles. The zero-order valence-corrected chi connectivity index (χ0v) is 26.9. The number of Topliss-reactive ketones (excluding diaryl/α,β-unsaturated/α-hetero) is 1. The number of carbonyl (C=O) groups excluding carboxylic acids is 2. The van der Waals surface area contributed by atoms with E-state index in [9.17, 15) is 14.9 Å². The minimum atomic E-state index is -1.76. The van der Waals surface area contributed by atoms with Crippen molar-refractivity contribution < 1.29 is 24.5 Å². The Kier molecular flexibility index (Phi) is 9.75. The molecule has 6 nitrogen and oxygen atoms in total. The molecule has 1 saturated heterocycles. The molecule has 0 aromatic heterocycles. The van der Waals surface area contributed by atoms with Crippen LogP contribution in [0, 0.1) is 34.3 Å². The Morgan fingerprint density at radius 3 is 2.43 bits per heavy atom. The van der Waals surface area contributed by atoms with Gasteiger partial charge in [-0.3, -0.25) is 9.59 Å². The number of nitrogens with one attached hydrogen (secondary N) is 2. The maximum atomic E-state index is 15.9. The van der Waals surface area contributed by atoms with Crippen LogP contribution in [-0.4, -0.2) is 30.9 Å². The van der Waals surface area contributed by atoms with Crippen LogP contribution in [0.3, 0.4) is 0 Å². The molecule has 10 heteroatoms. The number of amides is 1. The Morgan fingerprint density at radius 1 is 1.14 bits per heavy atom. The van der Waals surface area contributed by atoms with E-state index in [0.717, 1.165) is 6.07 Å². The lowest BCUT2D eigenvalue weighted by atomic mass is 9.62. The Hall–Kier alpha value is -3.51. The number of rotatable bonds is 8. The van der Waals surface area contributed by atoms with Gasteiger partial charge in [-0.05, 0) is 53.8 Å². The van der Waals surface area contributed by atoms with Crippen molar-refractivity contribution in [1.29, 1.82) is 5.26 Å². The summed E-state index contributed by atoms with van der Waals surface area (Å²) in [6.45, 7) is 9.45. The molecule has 1 aliphatic rings. The Labute approximate surface area is 268 Å². The monoisotopic (exact) mass is 643 g/mol. The number of hydrogen-bond donors (Lipinski definition) is 2. The quantitative estimate of drug-likeness (QED) is 0.241. The van der Waals surface area contributed by atoms with E-state index < -0.39 is 41.0 Å². The summed E-state index contributed by atoms with van der Waals surface area (Å²) in [6, 6.07) is 13.3. The molecule has 4 rings (SSSR count). The summed E-state index contributed by atoms with van der Waals surface area (Å²) in [6.07, 6.45) is 0.334. The molecule has 0 saturated carbocycles. The van der Waals surface area contributed by atoms with Gasteiger partial charge in [-0.2, -0.15) is 5.26 Å². The normalized spacial score (nSPS) is 21.6. The number of anilines is 1. The first kappa shape index (κ1) is 33.4. The number of ketones is 1. The maximum absolute atomic E-state index is 15.9. The SMILES string of the molecule is COc1cc(C(=O)C(C)C)ccc1NC(=O)[C@@H]1N[C@@H](CC(C)(C)C)[C@](C#N)(c2ccc(Cl)cc2F)[C@H]1c1cccc(Cl)c1F.[HH]. The van der Waals surface area contributed by atoms with Crippen LogP contribution in [0.2, 0.25) is 10.0 Å². The zero-order chi connectivity index (χ0) is 32.6. The van der Waals surface area contributed by atoms with Crippen LogP contribution in [0.25, 0.3) is 0 Å². The molecular weight excluding hydrogens is 607 g/mol. The summed E-state index contributed by atoms with van der Waals surface area (Å²) in [5.41, 5.74) is -1.48. The summed E-state index contributed by atoms with van der Waals surface area (Å²) in [5.74, 6) is -3.48. The van der Waals surface area contributed by atoms with Crippen molar-refractivity contribution in [1.82, 2.24) is 5.32 Å². The lowest BCUT2D eigenvalue weighted by molar-refractivity contribution is -0.118. The number of methoxy groups -OCH3 is 1. The van der Waals surface area contributed by atoms with Gasteiger partial charge in [0.15, 0.2) is 5.78 Å². The second kappa shape index (κ2) is 12.8. The summed E-state index contributed by atoms with van der Waals surface area (Å²) >= 11 is 12.3. The van der Waals surface area contributed by atoms with Gasteiger partial charge in [0.25, 0.3) is 0 Å². The number of halogens is 4. The van der Waals surface area contributed by atoms with Gasteiger partial charge < -0.3 is 15.4 Å².